The van der Waals surface area contributed by atoms with Crippen LogP contribution in [0.15, 0.2) is 76.3 Å². The number of hydrogen-bond donors (Lipinski definition) is 2. The fourth-order valence-corrected chi connectivity index (χ4v) is 8.00. The minimum absolute atomic E-state index is 0.189. The Morgan fingerprint density at radius 1 is 0.788 bits per heavy atom. The first-order valence-corrected chi connectivity index (χ1v) is 19.5. The molecule has 2 aromatic carbocycles. The number of pyridine rings is 1. The van der Waals surface area contributed by atoms with Crippen molar-refractivity contribution in [1.82, 2.24) is 24.2 Å². The summed E-state index contributed by atoms with van der Waals surface area (Å²) in [4.78, 5) is 20.8. The summed E-state index contributed by atoms with van der Waals surface area (Å²) in [5, 5.41) is 3.11. The van der Waals surface area contributed by atoms with Gasteiger partial charge in [0.1, 0.15) is 34.7 Å². The third-order valence-electron chi connectivity index (χ3n) is 8.59. The summed E-state index contributed by atoms with van der Waals surface area (Å²) < 4.78 is 103. The van der Waals surface area contributed by atoms with Crippen LogP contribution in [0.1, 0.15) is 12.8 Å². The summed E-state index contributed by atoms with van der Waals surface area (Å²) in [6.45, 7) is 3.12. The number of nitrogens with one attached hydrogen (secondary N) is 2. The number of oxazole rings is 1. The molecule has 2 saturated heterocycles. The minimum atomic E-state index is -4.87. The fourth-order valence-electron chi connectivity index (χ4n) is 5.98. The van der Waals surface area contributed by atoms with E-state index in [1.807, 2.05) is 14.5 Å². The van der Waals surface area contributed by atoms with Crippen molar-refractivity contribution in [3.05, 3.63) is 84.4 Å². The number of nitrogens with zero attached hydrogens (tertiary/aromatic N) is 7. The van der Waals surface area contributed by atoms with Crippen molar-refractivity contribution in [2.75, 3.05) is 65.4 Å². The van der Waals surface area contributed by atoms with Crippen molar-refractivity contribution >= 4 is 49.2 Å². The highest BCUT2D eigenvalue weighted by Gasteiger charge is 2.28. The monoisotopic (exact) mass is 755 g/mol. The highest BCUT2D eigenvalue weighted by atomic mass is 32.2. The molecule has 0 unspecified atom stereocenters. The molecule has 5 aromatic rings. The van der Waals surface area contributed by atoms with E-state index >= 15 is 4.39 Å². The largest absolute Gasteiger partial charge is 0.421 e. The molecule has 0 amide bonds. The molecule has 52 heavy (non-hydrogen) atoms. The van der Waals surface area contributed by atoms with Gasteiger partial charge in [-0.25, -0.2) is 45.0 Å². The Morgan fingerprint density at radius 2 is 1.52 bits per heavy atom. The summed E-state index contributed by atoms with van der Waals surface area (Å²) in [5.74, 6) is -2.58. The van der Waals surface area contributed by atoms with Crippen LogP contribution < -0.4 is 19.8 Å². The molecule has 2 aliphatic heterocycles. The van der Waals surface area contributed by atoms with Gasteiger partial charge in [0.2, 0.25) is 16.0 Å². The highest BCUT2D eigenvalue weighted by Crippen LogP contribution is 2.38. The molecule has 0 aliphatic carbocycles. The van der Waals surface area contributed by atoms with E-state index in [1.54, 1.807) is 24.4 Å². The normalized spacial score (nSPS) is 15.6. The van der Waals surface area contributed by atoms with Gasteiger partial charge in [-0.15, -0.1) is 0 Å². The third kappa shape index (κ3) is 7.37. The molecule has 3 aromatic heterocycles. The van der Waals surface area contributed by atoms with Gasteiger partial charge in [0.15, 0.2) is 10.7 Å². The first kappa shape index (κ1) is 35.1. The second-order valence-electron chi connectivity index (χ2n) is 12.2. The fraction of sp³-hybridized carbons (Fsp3) is 0.273. The lowest BCUT2D eigenvalue weighted by Gasteiger charge is -2.33. The molecule has 2 aliphatic rings. The second-order valence-corrected chi connectivity index (χ2v) is 15.8. The Kier molecular flexibility index (Phi) is 9.49. The minimum Gasteiger partial charge on any atom is -0.421 e. The first-order chi connectivity index (χ1) is 24.9. The van der Waals surface area contributed by atoms with E-state index in [4.69, 9.17) is 4.42 Å². The van der Waals surface area contributed by atoms with Crippen molar-refractivity contribution in [2.45, 2.75) is 17.7 Å². The lowest BCUT2D eigenvalue weighted by molar-refractivity contribution is 0.387. The third-order valence-corrected chi connectivity index (χ3v) is 11.3. The zero-order chi connectivity index (χ0) is 36.6. The number of halogens is 3. The van der Waals surface area contributed by atoms with Crippen LogP contribution in [0.3, 0.4) is 0 Å². The van der Waals surface area contributed by atoms with Crippen molar-refractivity contribution < 1.29 is 34.4 Å². The average Bonchev–Trinajstić information content (AvgIpc) is 3.81. The Bertz CT molecular complexity index is 2310. The van der Waals surface area contributed by atoms with E-state index in [0.29, 0.717) is 56.5 Å². The van der Waals surface area contributed by atoms with E-state index < -0.39 is 48.1 Å². The number of aromatic nitrogens is 4. The van der Waals surface area contributed by atoms with Gasteiger partial charge in [0.25, 0.3) is 16.0 Å². The zero-order valence-corrected chi connectivity index (χ0v) is 29.3. The van der Waals surface area contributed by atoms with Gasteiger partial charge in [0.05, 0.1) is 23.8 Å². The van der Waals surface area contributed by atoms with Crippen LogP contribution in [-0.4, -0.2) is 86.6 Å². The van der Waals surface area contributed by atoms with Gasteiger partial charge in [0, 0.05) is 51.0 Å². The van der Waals surface area contributed by atoms with Gasteiger partial charge in [-0.2, -0.15) is 9.29 Å². The molecular weight excluding hydrogens is 724 g/mol. The van der Waals surface area contributed by atoms with Crippen molar-refractivity contribution in [3.63, 3.8) is 0 Å². The number of piperazine rings is 1. The van der Waals surface area contributed by atoms with E-state index in [9.17, 15) is 25.6 Å². The topological polar surface area (TPSA) is 167 Å². The molecule has 2 fully saturated rings. The van der Waals surface area contributed by atoms with E-state index in [2.05, 4.69) is 25.3 Å². The van der Waals surface area contributed by atoms with Crippen LogP contribution in [0.4, 0.5) is 42.3 Å². The first-order valence-electron chi connectivity index (χ1n) is 16.1. The van der Waals surface area contributed by atoms with Gasteiger partial charge in [-0.05, 0) is 61.4 Å². The Hall–Kier alpha value is -5.27. The van der Waals surface area contributed by atoms with Crippen LogP contribution in [0.2, 0.25) is 0 Å². The molecule has 0 atom stereocenters. The van der Waals surface area contributed by atoms with Crippen LogP contribution in [-0.2, 0) is 20.0 Å². The van der Waals surface area contributed by atoms with Gasteiger partial charge >= 0.3 is 0 Å². The molecule has 272 valence electrons. The standard InChI is InChI=1S/C33H32F3N9O5S2/c1-51(46,47)45-17-15-43(16-18-45)28-10-8-22(20-38-28)39-32-37-12-11-26(40-32)30-29(41-33(50-30)44-13-2-3-14-44)21-7-9-23(34)27(19-21)42-52(48,49)31-24(35)5-4-6-25(31)36/h4-12,19-20,42H,2-3,13-18H2,1H3,(H,37,39,40). The molecule has 0 saturated carbocycles. The molecule has 19 heteroatoms. The smallest absolute Gasteiger partial charge is 0.298 e. The lowest BCUT2D eigenvalue weighted by atomic mass is 10.1. The van der Waals surface area contributed by atoms with Gasteiger partial charge in [-0.1, -0.05) is 6.07 Å². The average molecular weight is 756 g/mol. The molecule has 7 rings (SSSR count). The maximum absolute atomic E-state index is 15.0. The van der Waals surface area contributed by atoms with Crippen molar-refractivity contribution in [1.29, 1.82) is 0 Å². The van der Waals surface area contributed by atoms with Crippen LogP contribution in [0.5, 0.6) is 0 Å². The summed E-state index contributed by atoms with van der Waals surface area (Å²) in [6, 6.07) is 11.6. The van der Waals surface area contributed by atoms with Crippen molar-refractivity contribution in [3.8, 4) is 22.7 Å². The maximum atomic E-state index is 15.0. The Labute approximate surface area is 297 Å². The molecule has 2 N–H and O–H groups in total. The maximum Gasteiger partial charge on any atom is 0.298 e. The zero-order valence-electron chi connectivity index (χ0n) is 27.6. The lowest BCUT2D eigenvalue weighted by Crippen LogP contribution is -2.48. The summed E-state index contributed by atoms with van der Waals surface area (Å²) in [5.41, 5.74) is 0.773. The number of benzene rings is 2. The molecule has 0 bridgehead atoms. The summed E-state index contributed by atoms with van der Waals surface area (Å²) in [6.07, 6.45) is 6.15. The van der Waals surface area contributed by atoms with Crippen LogP contribution >= 0.6 is 0 Å². The van der Waals surface area contributed by atoms with E-state index in [0.717, 1.165) is 43.2 Å². The number of rotatable bonds is 10. The van der Waals surface area contributed by atoms with Gasteiger partial charge in [-0.3, -0.25) is 4.72 Å². The molecule has 0 spiro atoms. The van der Waals surface area contributed by atoms with Gasteiger partial charge < -0.3 is 19.5 Å². The van der Waals surface area contributed by atoms with Crippen molar-refractivity contribution in [2.24, 2.45) is 0 Å². The molecule has 5 heterocycles. The number of hydrogen-bond acceptors (Lipinski definition) is 12. The Balaban J connectivity index is 1.16. The van der Waals surface area contributed by atoms with E-state index in [1.165, 1.54) is 22.8 Å². The molecule has 14 nitrogen and oxygen atoms in total. The van der Waals surface area contributed by atoms with Crippen LogP contribution in [0, 0.1) is 17.5 Å². The molecular formula is C33H32F3N9O5S2. The summed E-state index contributed by atoms with van der Waals surface area (Å²) in [7, 11) is -8.13. The quantitative estimate of drug-likeness (QED) is 0.200. The Morgan fingerprint density at radius 3 is 2.19 bits per heavy atom. The summed E-state index contributed by atoms with van der Waals surface area (Å²) >= 11 is 0. The second kappa shape index (κ2) is 14.0. The SMILES string of the molecule is CS(=O)(=O)N1CCN(c2ccc(Nc3nccc(-c4oc(N5CCCC5)nc4-c4ccc(F)c(NS(=O)(=O)c5c(F)cccc5F)c4)n3)cn2)CC1. The van der Waals surface area contributed by atoms with Crippen LogP contribution in [0.25, 0.3) is 22.7 Å². The number of sulfonamides is 2. The van der Waals surface area contributed by atoms with E-state index in [-0.39, 0.29) is 29.0 Å². The highest BCUT2D eigenvalue weighted by molar-refractivity contribution is 7.92. The predicted molar refractivity (Wildman–Crippen MR) is 188 cm³/mol. The predicted octanol–water partition coefficient (Wildman–Crippen LogP) is 4.84. The molecule has 0 radical (unpaired) electrons. The number of anilines is 5.